The van der Waals surface area contributed by atoms with Gasteiger partial charge < -0.3 is 10.1 Å². The number of carbonyl (C=O) groups is 1. The van der Waals surface area contributed by atoms with E-state index in [2.05, 4.69) is 5.32 Å². The number of hydrogen-bond acceptors (Lipinski definition) is 3. The molecule has 2 aromatic carbocycles. The maximum atomic E-state index is 12.1. The number of carbonyl (C=O) groups excluding carboxylic acids is 1. The molecule has 136 valence electrons. The number of benzene rings is 2. The summed E-state index contributed by atoms with van der Waals surface area (Å²) in [6, 6.07) is 21.4. The molecule has 0 bridgehead atoms. The molecule has 0 aliphatic heterocycles. The normalized spacial score (nSPS) is 11.1. The first kappa shape index (κ1) is 18.4. The second-order valence-corrected chi connectivity index (χ2v) is 6.14. The van der Waals surface area contributed by atoms with Crippen molar-refractivity contribution >= 4 is 11.6 Å². The Kier molecular flexibility index (Phi) is 5.67. The number of allylic oxidation sites excluding steroid dienone is 1. The predicted octanol–water partition coefficient (Wildman–Crippen LogP) is 5.33. The van der Waals surface area contributed by atoms with E-state index >= 15 is 0 Å². The van der Waals surface area contributed by atoms with Gasteiger partial charge in [-0.2, -0.15) is 0 Å². The molecule has 4 heteroatoms. The first-order valence-electron chi connectivity index (χ1n) is 8.77. The summed E-state index contributed by atoms with van der Waals surface area (Å²) in [6.45, 7) is 3.64. The summed E-state index contributed by atoms with van der Waals surface area (Å²) in [5.41, 5.74) is 5.12. The molecule has 0 radical (unpaired) electrons. The zero-order chi connectivity index (χ0) is 19.2. The van der Waals surface area contributed by atoms with E-state index in [1.807, 2.05) is 73.7 Å². The number of rotatable bonds is 5. The fraction of sp³-hybridized carbons (Fsp3) is 0.130. The van der Waals surface area contributed by atoms with Gasteiger partial charge in [0.15, 0.2) is 0 Å². The third kappa shape index (κ3) is 4.42. The summed E-state index contributed by atoms with van der Waals surface area (Å²) in [7, 11) is 1.65. The second kappa shape index (κ2) is 8.32. The fourth-order valence-corrected chi connectivity index (χ4v) is 2.64. The van der Waals surface area contributed by atoms with Crippen molar-refractivity contribution < 1.29 is 9.53 Å². The Morgan fingerprint density at radius 2 is 1.63 bits per heavy atom. The highest BCUT2D eigenvalue weighted by molar-refractivity contribution is 6.03. The van der Waals surface area contributed by atoms with Crippen LogP contribution in [0.4, 0.5) is 5.69 Å². The monoisotopic (exact) mass is 358 g/mol. The minimum atomic E-state index is -0.102. The Hall–Kier alpha value is -3.40. The number of anilines is 1. The van der Waals surface area contributed by atoms with Gasteiger partial charge in [-0.25, -0.2) is 4.98 Å². The zero-order valence-electron chi connectivity index (χ0n) is 15.7. The van der Waals surface area contributed by atoms with Crippen molar-refractivity contribution in [3.63, 3.8) is 0 Å². The molecule has 3 aromatic rings. The van der Waals surface area contributed by atoms with Gasteiger partial charge in [0.05, 0.1) is 18.5 Å². The van der Waals surface area contributed by atoms with E-state index in [4.69, 9.17) is 9.72 Å². The summed E-state index contributed by atoms with van der Waals surface area (Å²) in [6.07, 6.45) is 1.79. The Bertz CT molecular complexity index is 976. The molecule has 1 heterocycles. The van der Waals surface area contributed by atoms with E-state index in [1.54, 1.807) is 20.1 Å². The minimum Gasteiger partial charge on any atom is -0.497 e. The molecule has 1 N–H and O–H groups in total. The Balaban J connectivity index is 1.88. The number of hydrogen-bond donors (Lipinski definition) is 1. The van der Waals surface area contributed by atoms with Gasteiger partial charge in [0.1, 0.15) is 5.75 Å². The van der Waals surface area contributed by atoms with Crippen molar-refractivity contribution in [2.45, 2.75) is 13.8 Å². The van der Waals surface area contributed by atoms with Crippen LogP contribution in [0, 0.1) is 0 Å². The lowest BCUT2D eigenvalue weighted by Gasteiger charge is -2.09. The first-order valence-corrected chi connectivity index (χ1v) is 8.77. The summed E-state index contributed by atoms with van der Waals surface area (Å²) >= 11 is 0. The highest BCUT2D eigenvalue weighted by atomic mass is 16.5. The van der Waals surface area contributed by atoms with Gasteiger partial charge in [0, 0.05) is 22.4 Å². The van der Waals surface area contributed by atoms with Crippen molar-refractivity contribution in [2.24, 2.45) is 0 Å². The third-order valence-corrected chi connectivity index (χ3v) is 4.34. The molecule has 1 amide bonds. The second-order valence-electron chi connectivity index (χ2n) is 6.14. The van der Waals surface area contributed by atoms with Crippen LogP contribution in [0.25, 0.3) is 22.5 Å². The zero-order valence-corrected chi connectivity index (χ0v) is 15.7. The van der Waals surface area contributed by atoms with Crippen LogP contribution in [-0.2, 0) is 4.79 Å². The maximum Gasteiger partial charge on any atom is 0.250 e. The highest BCUT2D eigenvalue weighted by Gasteiger charge is 2.07. The van der Waals surface area contributed by atoms with Gasteiger partial charge >= 0.3 is 0 Å². The summed E-state index contributed by atoms with van der Waals surface area (Å²) in [5, 5.41) is 2.91. The Morgan fingerprint density at radius 1 is 0.963 bits per heavy atom. The van der Waals surface area contributed by atoms with E-state index in [0.29, 0.717) is 5.57 Å². The predicted molar refractivity (Wildman–Crippen MR) is 110 cm³/mol. The molecule has 0 atom stereocenters. The van der Waals surface area contributed by atoms with Gasteiger partial charge in [-0.05, 0) is 62.4 Å². The smallest absolute Gasteiger partial charge is 0.250 e. The lowest BCUT2D eigenvalue weighted by Crippen LogP contribution is -2.12. The molecule has 0 saturated heterocycles. The summed E-state index contributed by atoms with van der Waals surface area (Å²) in [4.78, 5) is 16.9. The SMILES string of the molecule is C/C=C(\C)C(=O)Nc1cccc(-c2cccc(-c3ccc(OC)cc3)n2)c1. The van der Waals surface area contributed by atoms with E-state index in [9.17, 15) is 4.79 Å². The standard InChI is InChI=1S/C23H22N2O2/c1-4-16(2)23(26)24-19-8-5-7-18(15-19)22-10-6-9-21(25-22)17-11-13-20(27-3)14-12-17/h4-15H,1-3H3,(H,24,26)/b16-4+. The molecule has 0 saturated carbocycles. The van der Waals surface area contributed by atoms with Gasteiger partial charge in [-0.1, -0.05) is 24.3 Å². The largest absolute Gasteiger partial charge is 0.497 e. The van der Waals surface area contributed by atoms with Gasteiger partial charge in [-0.15, -0.1) is 0 Å². The molecule has 0 aliphatic rings. The molecular weight excluding hydrogens is 336 g/mol. The van der Waals surface area contributed by atoms with Crippen molar-refractivity contribution in [2.75, 3.05) is 12.4 Å². The van der Waals surface area contributed by atoms with E-state index in [1.165, 1.54) is 0 Å². The summed E-state index contributed by atoms with van der Waals surface area (Å²) < 4.78 is 5.21. The lowest BCUT2D eigenvalue weighted by atomic mass is 10.1. The lowest BCUT2D eigenvalue weighted by molar-refractivity contribution is -0.112. The van der Waals surface area contributed by atoms with Crippen molar-refractivity contribution in [1.29, 1.82) is 0 Å². The van der Waals surface area contributed by atoms with Gasteiger partial charge in [-0.3, -0.25) is 4.79 Å². The number of nitrogens with zero attached hydrogens (tertiary/aromatic N) is 1. The number of pyridine rings is 1. The molecule has 4 nitrogen and oxygen atoms in total. The Labute approximate surface area is 159 Å². The number of aromatic nitrogens is 1. The summed E-state index contributed by atoms with van der Waals surface area (Å²) in [5.74, 6) is 0.712. The number of amides is 1. The average Bonchev–Trinajstić information content (AvgIpc) is 2.73. The maximum absolute atomic E-state index is 12.1. The quantitative estimate of drug-likeness (QED) is 0.627. The van der Waals surface area contributed by atoms with Crippen molar-refractivity contribution in [3.05, 3.63) is 78.4 Å². The molecule has 1 aromatic heterocycles. The molecule has 27 heavy (non-hydrogen) atoms. The number of ether oxygens (including phenoxy) is 1. The topological polar surface area (TPSA) is 51.2 Å². The van der Waals surface area contributed by atoms with Gasteiger partial charge in [0.25, 0.3) is 5.91 Å². The average molecular weight is 358 g/mol. The molecular formula is C23H22N2O2. The van der Waals surface area contributed by atoms with E-state index < -0.39 is 0 Å². The molecule has 0 fully saturated rings. The van der Waals surface area contributed by atoms with E-state index in [0.717, 1.165) is 34.0 Å². The highest BCUT2D eigenvalue weighted by Crippen LogP contribution is 2.26. The number of nitrogens with one attached hydrogen (secondary N) is 1. The van der Waals surface area contributed by atoms with Crippen LogP contribution in [0.5, 0.6) is 5.75 Å². The van der Waals surface area contributed by atoms with E-state index in [-0.39, 0.29) is 5.91 Å². The van der Waals surface area contributed by atoms with Gasteiger partial charge in [0.2, 0.25) is 0 Å². The number of methoxy groups -OCH3 is 1. The van der Waals surface area contributed by atoms with Crippen LogP contribution in [0.2, 0.25) is 0 Å². The Morgan fingerprint density at radius 3 is 2.30 bits per heavy atom. The first-order chi connectivity index (χ1) is 13.1. The van der Waals surface area contributed by atoms with Crippen LogP contribution in [0.1, 0.15) is 13.8 Å². The van der Waals surface area contributed by atoms with Crippen LogP contribution in [-0.4, -0.2) is 18.0 Å². The van der Waals surface area contributed by atoms with Crippen LogP contribution in [0.15, 0.2) is 78.4 Å². The molecule has 0 aliphatic carbocycles. The van der Waals surface area contributed by atoms with Crippen molar-refractivity contribution in [3.8, 4) is 28.3 Å². The van der Waals surface area contributed by atoms with Crippen LogP contribution < -0.4 is 10.1 Å². The molecule has 0 unspecified atom stereocenters. The molecule has 0 spiro atoms. The fourth-order valence-electron chi connectivity index (χ4n) is 2.64. The van der Waals surface area contributed by atoms with Crippen LogP contribution >= 0.6 is 0 Å². The minimum absolute atomic E-state index is 0.102. The molecule has 3 rings (SSSR count). The van der Waals surface area contributed by atoms with Crippen molar-refractivity contribution in [1.82, 2.24) is 4.98 Å². The third-order valence-electron chi connectivity index (χ3n) is 4.34. The van der Waals surface area contributed by atoms with Crippen LogP contribution in [0.3, 0.4) is 0 Å².